The fourth-order valence-corrected chi connectivity index (χ4v) is 3.05. The molecule has 2 atom stereocenters. The Hall–Kier alpha value is -1.06. The normalized spacial score (nSPS) is 26.0. The van der Waals surface area contributed by atoms with Crippen molar-refractivity contribution in [3.63, 3.8) is 0 Å². The maximum Gasteiger partial charge on any atom is 0.119 e. The van der Waals surface area contributed by atoms with Crippen LogP contribution in [0.2, 0.25) is 0 Å². The van der Waals surface area contributed by atoms with Gasteiger partial charge in [-0.15, -0.1) is 0 Å². The summed E-state index contributed by atoms with van der Waals surface area (Å²) in [6.45, 7) is 3.12. The van der Waals surface area contributed by atoms with Crippen molar-refractivity contribution in [2.75, 3.05) is 13.7 Å². The lowest BCUT2D eigenvalue weighted by molar-refractivity contribution is -0.0609. The van der Waals surface area contributed by atoms with Crippen molar-refractivity contribution in [3.05, 3.63) is 29.3 Å². The Morgan fingerprint density at radius 3 is 2.79 bits per heavy atom. The van der Waals surface area contributed by atoms with Crippen LogP contribution in [-0.2, 0) is 11.2 Å². The lowest BCUT2D eigenvalue weighted by atomic mass is 9.95. The Bertz CT molecular complexity index is 442. The Morgan fingerprint density at radius 2 is 2.16 bits per heavy atom. The summed E-state index contributed by atoms with van der Waals surface area (Å²) in [6, 6.07) is 6.71. The van der Waals surface area contributed by atoms with Crippen molar-refractivity contribution in [2.24, 2.45) is 0 Å². The molecule has 2 aliphatic carbocycles. The van der Waals surface area contributed by atoms with Gasteiger partial charge < -0.3 is 14.8 Å². The second kappa shape index (κ2) is 5.51. The standard InChI is InChI=1S/C16H23NO2/c1-3-17-16-14-10-13(18-2)8-7-11(14)9-15(16)19-12-5-4-6-12/h7-8,10,12,15-17H,3-6,9H2,1-2H3. The van der Waals surface area contributed by atoms with E-state index in [-0.39, 0.29) is 6.10 Å². The van der Waals surface area contributed by atoms with E-state index in [9.17, 15) is 0 Å². The molecule has 0 bridgehead atoms. The highest BCUT2D eigenvalue weighted by molar-refractivity contribution is 5.42. The molecule has 0 spiro atoms. The number of benzene rings is 1. The summed E-state index contributed by atoms with van der Waals surface area (Å²) in [4.78, 5) is 0. The van der Waals surface area contributed by atoms with Crippen LogP contribution < -0.4 is 10.1 Å². The van der Waals surface area contributed by atoms with Gasteiger partial charge in [0.05, 0.1) is 25.4 Å². The van der Waals surface area contributed by atoms with Gasteiger partial charge in [-0.3, -0.25) is 0 Å². The van der Waals surface area contributed by atoms with Gasteiger partial charge in [0.25, 0.3) is 0 Å². The summed E-state index contributed by atoms with van der Waals surface area (Å²) in [6.07, 6.45) is 5.58. The Kier molecular flexibility index (Phi) is 3.76. The highest BCUT2D eigenvalue weighted by Gasteiger charge is 2.35. The minimum atomic E-state index is 0.285. The summed E-state index contributed by atoms with van der Waals surface area (Å²) in [5, 5.41) is 3.58. The van der Waals surface area contributed by atoms with Crippen LogP contribution in [0.3, 0.4) is 0 Å². The third-order valence-corrected chi connectivity index (χ3v) is 4.32. The van der Waals surface area contributed by atoms with Gasteiger partial charge in [0.1, 0.15) is 5.75 Å². The van der Waals surface area contributed by atoms with Gasteiger partial charge in [-0.25, -0.2) is 0 Å². The maximum atomic E-state index is 6.27. The molecule has 1 aromatic carbocycles. The van der Waals surface area contributed by atoms with Crippen molar-refractivity contribution < 1.29 is 9.47 Å². The fraction of sp³-hybridized carbons (Fsp3) is 0.625. The monoisotopic (exact) mass is 261 g/mol. The van der Waals surface area contributed by atoms with Crippen LogP contribution in [0.1, 0.15) is 43.4 Å². The van der Waals surface area contributed by atoms with Gasteiger partial charge in [-0.1, -0.05) is 13.0 Å². The molecule has 2 unspecified atom stereocenters. The summed E-state index contributed by atoms with van der Waals surface area (Å²) in [5.74, 6) is 0.936. The average molecular weight is 261 g/mol. The van der Waals surface area contributed by atoms with Crippen molar-refractivity contribution in [1.82, 2.24) is 5.32 Å². The number of hydrogen-bond donors (Lipinski definition) is 1. The van der Waals surface area contributed by atoms with E-state index in [1.807, 2.05) is 6.07 Å². The van der Waals surface area contributed by atoms with Crippen LogP contribution in [0, 0.1) is 0 Å². The van der Waals surface area contributed by atoms with E-state index in [1.165, 1.54) is 30.4 Å². The van der Waals surface area contributed by atoms with E-state index in [4.69, 9.17) is 9.47 Å². The third kappa shape index (κ3) is 2.49. The predicted octanol–water partition coefficient (Wildman–Crippen LogP) is 2.84. The Morgan fingerprint density at radius 1 is 1.32 bits per heavy atom. The molecule has 2 aliphatic rings. The molecule has 0 heterocycles. The van der Waals surface area contributed by atoms with E-state index >= 15 is 0 Å². The van der Waals surface area contributed by atoms with Crippen LogP contribution in [0.4, 0.5) is 0 Å². The van der Waals surface area contributed by atoms with Gasteiger partial charge >= 0.3 is 0 Å². The van der Waals surface area contributed by atoms with Crippen LogP contribution >= 0.6 is 0 Å². The number of ether oxygens (including phenoxy) is 2. The van der Waals surface area contributed by atoms with Crippen molar-refractivity contribution in [2.45, 2.75) is 50.9 Å². The highest BCUT2D eigenvalue weighted by Crippen LogP contribution is 2.38. The lowest BCUT2D eigenvalue weighted by Gasteiger charge is -2.32. The molecule has 0 amide bonds. The zero-order valence-electron chi connectivity index (χ0n) is 11.8. The first-order chi connectivity index (χ1) is 9.31. The SMILES string of the molecule is CCNC1c2cc(OC)ccc2CC1OC1CCC1. The Labute approximate surface area is 115 Å². The van der Waals surface area contributed by atoms with Crippen LogP contribution in [0.5, 0.6) is 5.75 Å². The largest absolute Gasteiger partial charge is 0.497 e. The van der Waals surface area contributed by atoms with Crippen molar-refractivity contribution in [1.29, 1.82) is 0 Å². The smallest absolute Gasteiger partial charge is 0.119 e. The van der Waals surface area contributed by atoms with Gasteiger partial charge in [-0.2, -0.15) is 0 Å². The molecule has 0 radical (unpaired) electrons. The van der Waals surface area contributed by atoms with Crippen molar-refractivity contribution >= 4 is 0 Å². The third-order valence-electron chi connectivity index (χ3n) is 4.32. The molecule has 104 valence electrons. The highest BCUT2D eigenvalue weighted by atomic mass is 16.5. The van der Waals surface area contributed by atoms with E-state index in [0.29, 0.717) is 12.1 Å². The number of hydrogen-bond acceptors (Lipinski definition) is 3. The quantitative estimate of drug-likeness (QED) is 0.884. The van der Waals surface area contributed by atoms with Gasteiger partial charge in [0.2, 0.25) is 0 Å². The molecule has 0 aliphatic heterocycles. The molecular formula is C16H23NO2. The number of fused-ring (bicyclic) bond motifs is 1. The zero-order valence-corrected chi connectivity index (χ0v) is 11.8. The molecule has 1 fully saturated rings. The maximum absolute atomic E-state index is 6.27. The molecule has 3 rings (SSSR count). The molecule has 3 heteroatoms. The molecule has 19 heavy (non-hydrogen) atoms. The lowest BCUT2D eigenvalue weighted by Crippen LogP contribution is -2.35. The summed E-state index contributed by atoms with van der Waals surface area (Å²) >= 11 is 0. The fourth-order valence-electron chi connectivity index (χ4n) is 3.05. The minimum Gasteiger partial charge on any atom is -0.497 e. The van der Waals surface area contributed by atoms with Gasteiger partial charge in [-0.05, 0) is 49.1 Å². The van der Waals surface area contributed by atoms with Gasteiger partial charge in [0, 0.05) is 6.42 Å². The molecule has 1 aromatic rings. The second-order valence-corrected chi connectivity index (χ2v) is 5.53. The molecule has 3 nitrogen and oxygen atoms in total. The predicted molar refractivity (Wildman–Crippen MR) is 75.6 cm³/mol. The second-order valence-electron chi connectivity index (χ2n) is 5.53. The Balaban J connectivity index is 1.80. The van der Waals surface area contributed by atoms with Crippen LogP contribution in [0.15, 0.2) is 18.2 Å². The molecule has 1 saturated carbocycles. The summed E-state index contributed by atoms with van der Waals surface area (Å²) in [7, 11) is 1.72. The molecule has 1 N–H and O–H groups in total. The number of nitrogens with one attached hydrogen (secondary N) is 1. The summed E-state index contributed by atoms with van der Waals surface area (Å²) < 4.78 is 11.6. The first-order valence-electron chi connectivity index (χ1n) is 7.37. The van der Waals surface area contributed by atoms with Crippen LogP contribution in [-0.4, -0.2) is 25.9 Å². The summed E-state index contributed by atoms with van der Waals surface area (Å²) in [5.41, 5.74) is 2.75. The molecule has 0 saturated heterocycles. The van der Waals surface area contributed by atoms with Crippen LogP contribution in [0.25, 0.3) is 0 Å². The molecular weight excluding hydrogens is 238 g/mol. The van der Waals surface area contributed by atoms with E-state index < -0.39 is 0 Å². The zero-order chi connectivity index (χ0) is 13.2. The molecule has 0 aromatic heterocycles. The minimum absolute atomic E-state index is 0.285. The van der Waals surface area contributed by atoms with E-state index in [1.54, 1.807) is 7.11 Å². The topological polar surface area (TPSA) is 30.5 Å². The first-order valence-corrected chi connectivity index (χ1v) is 7.37. The average Bonchev–Trinajstić information content (AvgIpc) is 2.72. The van der Waals surface area contributed by atoms with E-state index in [0.717, 1.165) is 18.7 Å². The number of rotatable bonds is 5. The van der Waals surface area contributed by atoms with Crippen molar-refractivity contribution in [3.8, 4) is 5.75 Å². The van der Waals surface area contributed by atoms with Gasteiger partial charge in [0.15, 0.2) is 0 Å². The number of methoxy groups -OCH3 is 1. The first kappa shape index (κ1) is 12.9. The number of likely N-dealkylation sites (N-methyl/N-ethyl adjacent to an activating group) is 1. The van der Waals surface area contributed by atoms with E-state index in [2.05, 4.69) is 24.4 Å².